The van der Waals surface area contributed by atoms with Gasteiger partial charge in [-0.15, -0.1) is 0 Å². The fourth-order valence-electron chi connectivity index (χ4n) is 5.75. The largest absolute Gasteiger partial charge is 0.399 e. The minimum atomic E-state index is 0.137. The van der Waals surface area contributed by atoms with E-state index in [1.807, 2.05) is 0 Å². The van der Waals surface area contributed by atoms with Crippen LogP contribution >= 0.6 is 0 Å². The molecule has 26 heavy (non-hydrogen) atoms. The maximum atomic E-state index is 6.25. The second-order valence-electron chi connectivity index (χ2n) is 8.13. The minimum absolute atomic E-state index is 0.137. The molecule has 0 fully saturated rings. The van der Waals surface area contributed by atoms with Crippen molar-refractivity contribution < 1.29 is 0 Å². The lowest BCUT2D eigenvalue weighted by molar-refractivity contribution is 0.183. The first-order valence-corrected chi connectivity index (χ1v) is 10.3. The van der Waals surface area contributed by atoms with Crippen LogP contribution in [-0.4, -0.2) is 0 Å². The molecule has 0 spiro atoms. The normalized spacial score (nSPS) is 20.9. The molecule has 0 saturated carbocycles. The van der Waals surface area contributed by atoms with Crippen molar-refractivity contribution in [2.24, 2.45) is 0 Å². The fourth-order valence-corrected chi connectivity index (χ4v) is 5.75. The summed E-state index contributed by atoms with van der Waals surface area (Å²) in [5.74, 6) is 0. The van der Waals surface area contributed by atoms with Crippen LogP contribution in [0.25, 0.3) is 0 Å². The van der Waals surface area contributed by atoms with Crippen LogP contribution in [0.5, 0.6) is 0 Å². The third-order valence-corrected chi connectivity index (χ3v) is 6.55. The molecule has 2 nitrogen and oxygen atoms in total. The molecule has 0 aliphatic heterocycles. The van der Waals surface area contributed by atoms with Gasteiger partial charge in [0, 0.05) is 22.2 Å². The van der Waals surface area contributed by atoms with Crippen molar-refractivity contribution in [1.29, 1.82) is 0 Å². The van der Waals surface area contributed by atoms with Crippen LogP contribution < -0.4 is 11.5 Å². The standard InChI is InChI=1S/C24H34N2/c1-4-13-23(14-5-2)22-16-21(26)10-7-18(22)17-24(23,15-6-3)19-8-11-20(25)12-9-19/h7-12,16H,4-6,13-15,17,25-26H2,1-3H3. The van der Waals surface area contributed by atoms with Gasteiger partial charge in [0.25, 0.3) is 0 Å². The summed E-state index contributed by atoms with van der Waals surface area (Å²) in [6.45, 7) is 6.96. The van der Waals surface area contributed by atoms with Crippen molar-refractivity contribution in [3.05, 3.63) is 59.2 Å². The Morgan fingerprint density at radius 2 is 1.35 bits per heavy atom. The summed E-state index contributed by atoms with van der Waals surface area (Å²) in [6.07, 6.45) is 8.29. The van der Waals surface area contributed by atoms with Gasteiger partial charge in [-0.1, -0.05) is 58.2 Å². The fraction of sp³-hybridized carbons (Fsp3) is 0.500. The number of hydrogen-bond donors (Lipinski definition) is 2. The maximum absolute atomic E-state index is 6.25. The summed E-state index contributed by atoms with van der Waals surface area (Å²) in [4.78, 5) is 0. The Bertz CT molecular complexity index is 741. The van der Waals surface area contributed by atoms with E-state index in [4.69, 9.17) is 11.5 Å². The molecule has 0 bridgehead atoms. The van der Waals surface area contributed by atoms with Crippen molar-refractivity contribution in [3.63, 3.8) is 0 Å². The monoisotopic (exact) mass is 350 g/mol. The molecule has 1 atom stereocenters. The van der Waals surface area contributed by atoms with Crippen molar-refractivity contribution in [3.8, 4) is 0 Å². The summed E-state index contributed by atoms with van der Waals surface area (Å²) in [7, 11) is 0. The van der Waals surface area contributed by atoms with Gasteiger partial charge in [0.2, 0.25) is 0 Å². The number of benzene rings is 2. The molecule has 0 aromatic heterocycles. The quantitative estimate of drug-likeness (QED) is 0.603. The molecular formula is C24H34N2. The summed E-state index contributed by atoms with van der Waals surface area (Å²) >= 11 is 0. The first-order valence-electron chi connectivity index (χ1n) is 10.3. The van der Waals surface area contributed by atoms with Crippen molar-refractivity contribution in [2.45, 2.75) is 76.5 Å². The van der Waals surface area contributed by atoms with Crippen LogP contribution in [0.2, 0.25) is 0 Å². The van der Waals surface area contributed by atoms with E-state index in [0.29, 0.717) is 0 Å². The zero-order valence-electron chi connectivity index (χ0n) is 16.6. The van der Waals surface area contributed by atoms with Crippen molar-refractivity contribution >= 4 is 11.4 Å². The minimum Gasteiger partial charge on any atom is -0.399 e. The Balaban J connectivity index is 2.28. The lowest BCUT2D eigenvalue weighted by Gasteiger charge is -2.48. The summed E-state index contributed by atoms with van der Waals surface area (Å²) in [5, 5.41) is 0. The van der Waals surface area contributed by atoms with Crippen molar-refractivity contribution in [2.75, 3.05) is 11.5 Å². The van der Waals surface area contributed by atoms with Crippen LogP contribution in [0.1, 0.15) is 76.0 Å². The lowest BCUT2D eigenvalue weighted by atomic mass is 9.55. The van der Waals surface area contributed by atoms with Gasteiger partial charge < -0.3 is 11.5 Å². The zero-order valence-corrected chi connectivity index (χ0v) is 16.6. The Kier molecular flexibility index (Phi) is 5.32. The predicted octanol–water partition coefficient (Wildman–Crippen LogP) is 5.98. The molecular weight excluding hydrogens is 316 g/mol. The zero-order chi connectivity index (χ0) is 18.8. The van der Waals surface area contributed by atoms with Crippen LogP contribution in [0.4, 0.5) is 11.4 Å². The molecule has 0 radical (unpaired) electrons. The Morgan fingerprint density at radius 3 is 1.92 bits per heavy atom. The maximum Gasteiger partial charge on any atom is 0.0317 e. The molecule has 140 valence electrons. The molecule has 0 amide bonds. The molecule has 2 heteroatoms. The van der Waals surface area contributed by atoms with E-state index in [1.165, 1.54) is 55.2 Å². The topological polar surface area (TPSA) is 52.0 Å². The third-order valence-electron chi connectivity index (χ3n) is 6.55. The second-order valence-corrected chi connectivity index (χ2v) is 8.13. The van der Waals surface area contributed by atoms with Crippen LogP contribution in [0.15, 0.2) is 42.5 Å². The van der Waals surface area contributed by atoms with E-state index in [9.17, 15) is 0 Å². The highest BCUT2D eigenvalue weighted by Crippen LogP contribution is 2.60. The molecule has 0 heterocycles. The van der Waals surface area contributed by atoms with Gasteiger partial charge in [-0.25, -0.2) is 0 Å². The summed E-state index contributed by atoms with van der Waals surface area (Å²) in [5.41, 5.74) is 18.7. The van der Waals surface area contributed by atoms with Gasteiger partial charge in [-0.2, -0.15) is 0 Å². The highest BCUT2D eigenvalue weighted by Gasteiger charge is 2.56. The number of nitrogens with two attached hydrogens (primary N) is 2. The average molecular weight is 351 g/mol. The average Bonchev–Trinajstić information content (AvgIpc) is 2.87. The second kappa shape index (κ2) is 7.34. The Morgan fingerprint density at radius 1 is 0.769 bits per heavy atom. The molecule has 0 saturated heterocycles. The van der Waals surface area contributed by atoms with E-state index < -0.39 is 0 Å². The summed E-state index contributed by atoms with van der Waals surface area (Å²) < 4.78 is 0. The van der Waals surface area contributed by atoms with E-state index in [-0.39, 0.29) is 10.8 Å². The smallest absolute Gasteiger partial charge is 0.0317 e. The van der Waals surface area contributed by atoms with E-state index in [0.717, 1.165) is 17.8 Å². The number of rotatable bonds is 7. The van der Waals surface area contributed by atoms with Gasteiger partial charge in [-0.05, 0) is 66.6 Å². The molecule has 1 aliphatic carbocycles. The van der Waals surface area contributed by atoms with Gasteiger partial charge in [0.05, 0.1) is 0 Å². The first-order chi connectivity index (χ1) is 12.5. The number of nitrogen functional groups attached to an aromatic ring is 2. The number of hydrogen-bond acceptors (Lipinski definition) is 2. The molecule has 2 aromatic carbocycles. The summed E-state index contributed by atoms with van der Waals surface area (Å²) in [6, 6.07) is 15.3. The number of anilines is 2. The highest BCUT2D eigenvalue weighted by atomic mass is 14.6. The first kappa shape index (κ1) is 18.8. The van der Waals surface area contributed by atoms with Crippen LogP contribution in [-0.2, 0) is 17.3 Å². The van der Waals surface area contributed by atoms with Gasteiger partial charge in [-0.3, -0.25) is 0 Å². The molecule has 1 unspecified atom stereocenters. The third kappa shape index (κ3) is 2.80. The van der Waals surface area contributed by atoms with Crippen LogP contribution in [0, 0.1) is 0 Å². The molecule has 4 N–H and O–H groups in total. The van der Waals surface area contributed by atoms with E-state index in [2.05, 4.69) is 63.2 Å². The molecule has 3 rings (SSSR count). The SMILES string of the molecule is CCCC1(c2ccc(N)cc2)Cc2ccc(N)cc2C1(CCC)CCC. The van der Waals surface area contributed by atoms with Gasteiger partial charge in [0.1, 0.15) is 0 Å². The van der Waals surface area contributed by atoms with E-state index >= 15 is 0 Å². The van der Waals surface area contributed by atoms with Crippen molar-refractivity contribution in [1.82, 2.24) is 0 Å². The molecule has 1 aliphatic rings. The Labute approximate surface area is 159 Å². The number of fused-ring (bicyclic) bond motifs is 1. The molecule has 2 aromatic rings. The van der Waals surface area contributed by atoms with Gasteiger partial charge >= 0.3 is 0 Å². The lowest BCUT2D eigenvalue weighted by Crippen LogP contribution is -2.46. The van der Waals surface area contributed by atoms with Crippen LogP contribution in [0.3, 0.4) is 0 Å². The van der Waals surface area contributed by atoms with E-state index in [1.54, 1.807) is 0 Å². The highest BCUT2D eigenvalue weighted by molar-refractivity contribution is 5.57. The van der Waals surface area contributed by atoms with Gasteiger partial charge in [0.15, 0.2) is 0 Å². The predicted molar refractivity (Wildman–Crippen MR) is 113 cm³/mol. The Hall–Kier alpha value is -1.96.